The summed E-state index contributed by atoms with van der Waals surface area (Å²) < 4.78 is 27.4. The predicted octanol–water partition coefficient (Wildman–Crippen LogP) is 2.24. The second-order valence-corrected chi connectivity index (χ2v) is 7.60. The van der Waals surface area contributed by atoms with Crippen LogP contribution in [0.1, 0.15) is 28.5 Å². The molecule has 0 aliphatic carbocycles. The lowest BCUT2D eigenvalue weighted by molar-refractivity contribution is 0.567. The molecule has 0 bridgehead atoms. The molecule has 1 unspecified atom stereocenters. The van der Waals surface area contributed by atoms with E-state index in [1.807, 2.05) is 20.8 Å². The Labute approximate surface area is 128 Å². The third-order valence-corrected chi connectivity index (χ3v) is 5.75. The van der Waals surface area contributed by atoms with Gasteiger partial charge in [0.15, 0.2) is 0 Å². The molecule has 0 saturated carbocycles. The lowest BCUT2D eigenvalue weighted by Crippen LogP contribution is -2.27. The van der Waals surface area contributed by atoms with Gasteiger partial charge in [-0.3, -0.25) is 0 Å². The van der Waals surface area contributed by atoms with Crippen molar-refractivity contribution in [1.29, 1.82) is 0 Å². The molecule has 2 heterocycles. The van der Waals surface area contributed by atoms with Crippen LogP contribution in [0.5, 0.6) is 0 Å². The summed E-state index contributed by atoms with van der Waals surface area (Å²) in [5.74, 6) is 0.621. The van der Waals surface area contributed by atoms with Gasteiger partial charge in [-0.2, -0.15) is 0 Å². The van der Waals surface area contributed by atoms with E-state index in [4.69, 9.17) is 0 Å². The highest BCUT2D eigenvalue weighted by Crippen LogP contribution is 2.25. The molecule has 114 valence electrons. The van der Waals surface area contributed by atoms with Crippen LogP contribution in [0.15, 0.2) is 23.2 Å². The number of aromatic nitrogens is 2. The van der Waals surface area contributed by atoms with Crippen molar-refractivity contribution in [3.05, 3.63) is 33.9 Å². The van der Waals surface area contributed by atoms with Crippen molar-refractivity contribution in [3.63, 3.8) is 0 Å². The fraction of sp³-hybridized carbons (Fsp3) is 0.385. The second-order valence-electron chi connectivity index (χ2n) is 4.65. The number of thiazole rings is 1. The van der Waals surface area contributed by atoms with Crippen molar-refractivity contribution in [3.8, 4) is 0 Å². The smallest absolute Gasteiger partial charge is 0.242 e. The summed E-state index contributed by atoms with van der Waals surface area (Å²) in [7, 11) is -1.87. The number of sulfonamides is 1. The molecule has 0 aliphatic rings. The van der Waals surface area contributed by atoms with Crippen molar-refractivity contribution >= 4 is 27.2 Å². The average molecular weight is 326 g/mol. The van der Waals surface area contributed by atoms with Crippen LogP contribution in [-0.4, -0.2) is 25.4 Å². The van der Waals surface area contributed by atoms with Gasteiger partial charge in [0.2, 0.25) is 10.0 Å². The molecular formula is C13H18N4O2S2. The normalized spacial score (nSPS) is 13.1. The van der Waals surface area contributed by atoms with Crippen molar-refractivity contribution in [2.45, 2.75) is 31.7 Å². The maximum atomic E-state index is 12.3. The fourth-order valence-electron chi connectivity index (χ4n) is 1.99. The van der Waals surface area contributed by atoms with Crippen LogP contribution in [0.3, 0.4) is 0 Å². The first-order valence-corrected chi connectivity index (χ1v) is 8.73. The molecular weight excluding hydrogens is 308 g/mol. The standard InChI is InChI=1S/C13H18N4O2S2/c1-8-13(20-10(3)16-8)9(2)17-21(18,19)11-5-6-12(14-4)15-7-11/h5-7,9,17H,1-4H3,(H,14,15). The largest absolute Gasteiger partial charge is 0.373 e. The number of hydrogen-bond acceptors (Lipinski definition) is 6. The number of nitrogens with zero attached hydrogens (tertiary/aromatic N) is 2. The minimum atomic E-state index is -3.60. The summed E-state index contributed by atoms with van der Waals surface area (Å²) in [5, 5.41) is 3.77. The van der Waals surface area contributed by atoms with Gasteiger partial charge in [0.1, 0.15) is 10.7 Å². The van der Waals surface area contributed by atoms with Crippen LogP contribution in [-0.2, 0) is 10.0 Å². The number of nitrogens with one attached hydrogen (secondary N) is 2. The molecule has 2 aromatic heterocycles. The average Bonchev–Trinajstić information content (AvgIpc) is 2.77. The molecule has 2 aromatic rings. The Kier molecular flexibility index (Phi) is 4.60. The van der Waals surface area contributed by atoms with E-state index in [2.05, 4.69) is 20.0 Å². The molecule has 0 radical (unpaired) electrons. The Morgan fingerprint density at radius 1 is 1.29 bits per heavy atom. The molecule has 8 heteroatoms. The van der Waals surface area contributed by atoms with Gasteiger partial charge in [0.25, 0.3) is 0 Å². The van der Waals surface area contributed by atoms with E-state index in [-0.39, 0.29) is 10.9 Å². The molecule has 6 nitrogen and oxygen atoms in total. The minimum Gasteiger partial charge on any atom is -0.373 e. The van der Waals surface area contributed by atoms with Crippen LogP contribution in [0, 0.1) is 13.8 Å². The molecule has 0 aliphatic heterocycles. The monoisotopic (exact) mass is 326 g/mol. The van der Waals surface area contributed by atoms with Crippen molar-refractivity contribution < 1.29 is 8.42 Å². The highest BCUT2D eigenvalue weighted by Gasteiger charge is 2.21. The van der Waals surface area contributed by atoms with Crippen LogP contribution in [0.4, 0.5) is 5.82 Å². The highest BCUT2D eigenvalue weighted by atomic mass is 32.2. The summed E-state index contributed by atoms with van der Waals surface area (Å²) in [6.45, 7) is 5.60. The fourth-order valence-corrected chi connectivity index (χ4v) is 4.15. The molecule has 0 amide bonds. The zero-order valence-corrected chi connectivity index (χ0v) is 14.0. The summed E-state index contributed by atoms with van der Waals surface area (Å²) in [5.41, 5.74) is 0.858. The number of pyridine rings is 1. The molecule has 1 atom stereocenters. The maximum absolute atomic E-state index is 12.3. The van der Waals surface area contributed by atoms with E-state index in [0.717, 1.165) is 15.6 Å². The molecule has 0 spiro atoms. The van der Waals surface area contributed by atoms with E-state index in [9.17, 15) is 8.42 Å². The molecule has 2 N–H and O–H groups in total. The first-order chi connectivity index (χ1) is 9.83. The third-order valence-electron chi connectivity index (χ3n) is 2.97. The number of rotatable bonds is 5. The first-order valence-electron chi connectivity index (χ1n) is 6.43. The van der Waals surface area contributed by atoms with Gasteiger partial charge in [0.05, 0.1) is 16.7 Å². The second kappa shape index (κ2) is 6.08. The van der Waals surface area contributed by atoms with E-state index < -0.39 is 10.0 Å². The number of aryl methyl sites for hydroxylation is 2. The third kappa shape index (κ3) is 3.58. The molecule has 2 rings (SSSR count). The zero-order chi connectivity index (χ0) is 15.6. The van der Waals surface area contributed by atoms with Crippen LogP contribution in [0.25, 0.3) is 0 Å². The Bertz CT molecular complexity index is 723. The van der Waals surface area contributed by atoms with E-state index in [0.29, 0.717) is 5.82 Å². The maximum Gasteiger partial charge on any atom is 0.242 e. The van der Waals surface area contributed by atoms with Crippen molar-refractivity contribution in [2.75, 3.05) is 12.4 Å². The van der Waals surface area contributed by atoms with Gasteiger partial charge >= 0.3 is 0 Å². The summed E-state index contributed by atoms with van der Waals surface area (Å²) in [4.78, 5) is 9.42. The van der Waals surface area contributed by atoms with Crippen LogP contribution < -0.4 is 10.0 Å². The lowest BCUT2D eigenvalue weighted by Gasteiger charge is -2.13. The SMILES string of the molecule is CNc1ccc(S(=O)(=O)NC(C)c2sc(C)nc2C)cn1. The van der Waals surface area contributed by atoms with Crippen LogP contribution in [0.2, 0.25) is 0 Å². The van der Waals surface area contributed by atoms with Gasteiger partial charge < -0.3 is 5.32 Å². The van der Waals surface area contributed by atoms with Crippen molar-refractivity contribution in [1.82, 2.24) is 14.7 Å². The minimum absolute atomic E-state index is 0.146. The quantitative estimate of drug-likeness (QED) is 0.880. The first kappa shape index (κ1) is 15.9. The number of hydrogen-bond donors (Lipinski definition) is 2. The summed E-state index contributed by atoms with van der Waals surface area (Å²) >= 11 is 1.50. The Balaban J connectivity index is 2.22. The Hall–Kier alpha value is -1.51. The van der Waals surface area contributed by atoms with Crippen molar-refractivity contribution in [2.24, 2.45) is 0 Å². The van der Waals surface area contributed by atoms with Crippen LogP contribution >= 0.6 is 11.3 Å². The summed E-state index contributed by atoms with van der Waals surface area (Å²) in [6, 6.07) is 2.82. The van der Waals surface area contributed by atoms with E-state index in [1.165, 1.54) is 23.6 Å². The van der Waals surface area contributed by atoms with E-state index in [1.54, 1.807) is 13.1 Å². The van der Waals surface area contributed by atoms with E-state index >= 15 is 0 Å². The molecule has 0 fully saturated rings. The van der Waals surface area contributed by atoms with Gasteiger partial charge in [0, 0.05) is 18.1 Å². The van der Waals surface area contributed by atoms with Gasteiger partial charge in [-0.15, -0.1) is 11.3 Å². The summed E-state index contributed by atoms with van der Waals surface area (Å²) in [6.07, 6.45) is 1.34. The highest BCUT2D eigenvalue weighted by molar-refractivity contribution is 7.89. The number of anilines is 1. The molecule has 0 aromatic carbocycles. The Morgan fingerprint density at radius 3 is 2.48 bits per heavy atom. The molecule has 21 heavy (non-hydrogen) atoms. The van der Waals surface area contributed by atoms with Gasteiger partial charge in [-0.1, -0.05) is 0 Å². The Morgan fingerprint density at radius 2 is 2.00 bits per heavy atom. The van der Waals surface area contributed by atoms with Gasteiger partial charge in [-0.05, 0) is 32.9 Å². The molecule has 0 saturated heterocycles. The topological polar surface area (TPSA) is 84.0 Å². The predicted molar refractivity (Wildman–Crippen MR) is 84.1 cm³/mol. The zero-order valence-electron chi connectivity index (χ0n) is 12.3. The van der Waals surface area contributed by atoms with Gasteiger partial charge in [-0.25, -0.2) is 23.1 Å². The lowest BCUT2D eigenvalue weighted by atomic mass is 10.2.